The Labute approximate surface area is 263 Å². The maximum Gasteiger partial charge on any atom is 0.252 e. The topological polar surface area (TPSA) is 34.1 Å². The molecule has 0 N–H and O–H groups in total. The Balaban J connectivity index is 1.55. The van der Waals surface area contributed by atoms with E-state index >= 15 is 0 Å². The molecule has 0 heterocycles. The van der Waals surface area contributed by atoms with E-state index < -0.39 is 15.9 Å². The molecule has 0 radical (unpaired) electrons. The Hall–Kier alpha value is -3.20. The molecule has 216 valence electrons. The molecule has 4 heteroatoms. The van der Waals surface area contributed by atoms with Crippen LogP contribution in [0.4, 0.5) is 0 Å². The zero-order chi connectivity index (χ0) is 29.8. The van der Waals surface area contributed by atoms with E-state index in [1.54, 1.807) is 0 Å². The number of fused-ring (bicyclic) bond motifs is 3. The maximum atomic E-state index is 13.2. The average Bonchev–Trinajstić information content (AvgIpc) is 3.26. The van der Waals surface area contributed by atoms with Crippen LogP contribution < -0.4 is 0 Å². The van der Waals surface area contributed by atoms with E-state index in [-0.39, 0.29) is 5.41 Å². The molecule has 0 aliphatic heterocycles. The van der Waals surface area contributed by atoms with Crippen molar-refractivity contribution in [3.8, 4) is 11.1 Å². The lowest BCUT2D eigenvalue weighted by Crippen LogP contribution is -2.57. The highest BCUT2D eigenvalue weighted by atomic mass is 35.5. The predicted molar refractivity (Wildman–Crippen MR) is 173 cm³/mol. The van der Waals surface area contributed by atoms with Gasteiger partial charge in [-0.25, -0.2) is 0 Å². The molecule has 2 nitrogen and oxygen atoms in total. The molecule has 4 bridgehead atoms. The summed E-state index contributed by atoms with van der Waals surface area (Å²) in [5.74, 6) is 0.702. The Morgan fingerprint density at radius 2 is 1.07 bits per heavy atom. The highest BCUT2D eigenvalue weighted by Crippen LogP contribution is 2.72. The van der Waals surface area contributed by atoms with Crippen LogP contribution in [0.25, 0.3) is 11.1 Å². The summed E-state index contributed by atoms with van der Waals surface area (Å²) in [7, 11) is 0. The molecule has 5 aliphatic carbocycles. The van der Waals surface area contributed by atoms with Gasteiger partial charge in [0.05, 0.1) is 5.41 Å². The molecular formula is C39H34Cl2O2. The second kappa shape index (κ2) is 9.16. The number of benzene rings is 4. The third-order valence-corrected chi connectivity index (χ3v) is 11.8. The van der Waals surface area contributed by atoms with Crippen LogP contribution in [0, 0.1) is 16.7 Å². The van der Waals surface area contributed by atoms with Crippen LogP contribution >= 0.6 is 23.2 Å². The molecule has 4 saturated carbocycles. The summed E-state index contributed by atoms with van der Waals surface area (Å²) in [6, 6.07) is 30.6. The van der Waals surface area contributed by atoms with E-state index in [9.17, 15) is 9.59 Å². The summed E-state index contributed by atoms with van der Waals surface area (Å²) in [5, 5.41) is -1.02. The van der Waals surface area contributed by atoms with Crippen molar-refractivity contribution in [2.24, 2.45) is 16.7 Å². The number of rotatable bonds is 5. The first-order valence-electron chi connectivity index (χ1n) is 15.4. The maximum absolute atomic E-state index is 13.2. The van der Waals surface area contributed by atoms with Gasteiger partial charge in [-0.2, -0.15) is 0 Å². The van der Waals surface area contributed by atoms with Gasteiger partial charge in [-0.15, -0.1) is 0 Å². The van der Waals surface area contributed by atoms with Crippen LogP contribution in [0.3, 0.4) is 0 Å². The minimum absolute atomic E-state index is 0.00138. The summed E-state index contributed by atoms with van der Waals surface area (Å²) in [6.45, 7) is 5.02. The zero-order valence-electron chi connectivity index (χ0n) is 24.6. The van der Waals surface area contributed by atoms with Gasteiger partial charge in [0, 0.05) is 11.1 Å². The third kappa shape index (κ3) is 3.72. The molecule has 4 aromatic carbocycles. The molecule has 0 spiro atoms. The monoisotopic (exact) mass is 604 g/mol. The van der Waals surface area contributed by atoms with Crippen LogP contribution in [0.15, 0.2) is 91.0 Å². The first-order chi connectivity index (χ1) is 20.6. The molecule has 0 amide bonds. The summed E-state index contributed by atoms with van der Waals surface area (Å²) in [4.78, 5) is 26.4. The number of halogens is 2. The van der Waals surface area contributed by atoms with Crippen LogP contribution in [-0.2, 0) is 10.8 Å². The van der Waals surface area contributed by atoms with Crippen molar-refractivity contribution in [2.75, 3.05) is 0 Å². The Kier molecular flexibility index (Phi) is 5.83. The van der Waals surface area contributed by atoms with Gasteiger partial charge in [0.1, 0.15) is 0 Å². The first kappa shape index (κ1) is 27.4. The lowest BCUT2D eigenvalue weighted by molar-refractivity contribution is -0.110. The fraction of sp³-hybridized carbons (Fsp3) is 0.333. The van der Waals surface area contributed by atoms with Gasteiger partial charge in [-0.1, -0.05) is 92.7 Å². The highest BCUT2D eigenvalue weighted by Gasteiger charge is 2.62. The smallest absolute Gasteiger partial charge is 0.252 e. The van der Waals surface area contributed by atoms with Gasteiger partial charge in [0.15, 0.2) is 0 Å². The summed E-state index contributed by atoms with van der Waals surface area (Å²) < 4.78 is 0. The van der Waals surface area contributed by atoms with Gasteiger partial charge in [0.2, 0.25) is 0 Å². The van der Waals surface area contributed by atoms with Gasteiger partial charge in [0.25, 0.3) is 10.5 Å². The van der Waals surface area contributed by atoms with Crippen molar-refractivity contribution in [1.82, 2.24) is 0 Å². The first-order valence-corrected chi connectivity index (χ1v) is 16.2. The highest BCUT2D eigenvalue weighted by molar-refractivity contribution is 6.68. The van der Waals surface area contributed by atoms with Crippen LogP contribution in [0.2, 0.25) is 0 Å². The molecule has 43 heavy (non-hydrogen) atoms. The Morgan fingerprint density at radius 3 is 1.63 bits per heavy atom. The van der Waals surface area contributed by atoms with Crippen molar-refractivity contribution in [3.05, 3.63) is 130 Å². The number of carbonyl (C=O) groups excluding carboxylic acids is 2. The standard InChI is InChI=1S/C39H34Cl2O2/c1-36-18-24-19-37(2,21-36)23-38(20-24,22-36)32-17-9-13-26-25-10-3-6-14-29(25)39(33(26)32,30-15-7-4-11-27(30)34(40)42)31-16-8-5-12-28(31)35(41)43/h3-17,24H,18-23H2,1-2H3. The predicted octanol–water partition coefficient (Wildman–Crippen LogP) is 10.1. The van der Waals surface area contributed by atoms with E-state index in [0.717, 1.165) is 40.7 Å². The quantitative estimate of drug-likeness (QED) is 0.187. The van der Waals surface area contributed by atoms with E-state index in [1.807, 2.05) is 48.5 Å². The summed E-state index contributed by atoms with van der Waals surface area (Å²) >= 11 is 12.8. The zero-order valence-corrected chi connectivity index (χ0v) is 26.1. The van der Waals surface area contributed by atoms with Gasteiger partial charge < -0.3 is 0 Å². The molecular weight excluding hydrogens is 571 g/mol. The van der Waals surface area contributed by atoms with Gasteiger partial charge in [-0.3, -0.25) is 9.59 Å². The van der Waals surface area contributed by atoms with Crippen molar-refractivity contribution in [3.63, 3.8) is 0 Å². The number of hydrogen-bond donors (Lipinski definition) is 0. The van der Waals surface area contributed by atoms with Crippen molar-refractivity contribution in [2.45, 2.75) is 63.2 Å². The van der Waals surface area contributed by atoms with Crippen molar-refractivity contribution < 1.29 is 9.59 Å². The molecule has 2 atom stereocenters. The van der Waals surface area contributed by atoms with E-state index in [1.165, 1.54) is 36.8 Å². The minimum Gasteiger partial charge on any atom is -0.276 e. The van der Waals surface area contributed by atoms with E-state index in [0.29, 0.717) is 27.9 Å². The molecule has 0 saturated heterocycles. The molecule has 4 aromatic rings. The molecule has 9 rings (SSSR count). The number of carbonyl (C=O) groups is 2. The fourth-order valence-electron chi connectivity index (χ4n) is 11.2. The Morgan fingerprint density at radius 1 is 0.581 bits per heavy atom. The fourth-order valence-corrected chi connectivity index (χ4v) is 11.5. The molecule has 4 fully saturated rings. The van der Waals surface area contributed by atoms with Gasteiger partial charge >= 0.3 is 0 Å². The number of hydrogen-bond acceptors (Lipinski definition) is 2. The lowest BCUT2D eigenvalue weighted by Gasteiger charge is -2.66. The molecule has 2 unspecified atom stereocenters. The molecule has 0 aromatic heterocycles. The van der Waals surface area contributed by atoms with Crippen LogP contribution in [-0.4, -0.2) is 10.5 Å². The average molecular weight is 606 g/mol. The van der Waals surface area contributed by atoms with Crippen molar-refractivity contribution in [1.29, 1.82) is 0 Å². The van der Waals surface area contributed by atoms with Crippen LogP contribution in [0.5, 0.6) is 0 Å². The van der Waals surface area contributed by atoms with Crippen LogP contribution in [0.1, 0.15) is 101 Å². The van der Waals surface area contributed by atoms with Gasteiger partial charge in [-0.05, 0) is 135 Å². The summed E-state index contributed by atoms with van der Waals surface area (Å²) in [5.41, 5.74) is 8.00. The second-order valence-electron chi connectivity index (χ2n) is 14.6. The largest absolute Gasteiger partial charge is 0.276 e. The lowest BCUT2D eigenvalue weighted by atomic mass is 9.38. The summed E-state index contributed by atoms with van der Waals surface area (Å²) in [6.07, 6.45) is 7.37. The normalized spacial score (nSPS) is 29.3. The second-order valence-corrected chi connectivity index (χ2v) is 15.3. The molecule has 5 aliphatic rings. The third-order valence-electron chi connectivity index (χ3n) is 11.3. The van der Waals surface area contributed by atoms with Crippen molar-refractivity contribution >= 4 is 33.7 Å². The SMILES string of the molecule is CC12CC3CC(C)(C1)CC(c1cccc4c1C(c1ccccc1C(=O)Cl)(c1ccccc1C(=O)Cl)c1ccccc1-4)(C3)C2. The minimum atomic E-state index is -0.962. The Bertz CT molecular complexity index is 1780. The van der Waals surface area contributed by atoms with E-state index in [2.05, 4.69) is 56.3 Å². The van der Waals surface area contributed by atoms with E-state index in [4.69, 9.17) is 23.2 Å².